The highest BCUT2D eigenvalue weighted by Crippen LogP contribution is 2.32. The van der Waals surface area contributed by atoms with E-state index in [1.54, 1.807) is 0 Å². The highest BCUT2D eigenvalue weighted by molar-refractivity contribution is 4.88. The Labute approximate surface area is 76.1 Å². The molecule has 12 heavy (non-hydrogen) atoms. The molecule has 0 aromatic rings. The van der Waals surface area contributed by atoms with Crippen LogP contribution in [0.1, 0.15) is 51.9 Å². The van der Waals surface area contributed by atoms with Crippen LogP contribution in [0.5, 0.6) is 0 Å². The van der Waals surface area contributed by atoms with E-state index in [1.807, 2.05) is 0 Å². The predicted octanol–water partition coefficient (Wildman–Crippen LogP) is 2.80. The van der Waals surface area contributed by atoms with Crippen molar-refractivity contribution in [3.8, 4) is 0 Å². The second kappa shape index (κ2) is 3.78. The maximum Gasteiger partial charge on any atom is 0.00986 e. The molecule has 2 heterocycles. The zero-order valence-electron chi connectivity index (χ0n) is 8.26. The molecule has 0 radical (unpaired) electrons. The summed E-state index contributed by atoms with van der Waals surface area (Å²) in [5, 5.41) is 0. The van der Waals surface area contributed by atoms with Gasteiger partial charge in [-0.25, -0.2) is 0 Å². The lowest BCUT2D eigenvalue weighted by molar-refractivity contribution is 0.116. The summed E-state index contributed by atoms with van der Waals surface area (Å²) < 4.78 is 0. The molecule has 0 N–H and O–H groups in total. The van der Waals surface area contributed by atoms with E-state index in [2.05, 4.69) is 11.8 Å². The van der Waals surface area contributed by atoms with Gasteiger partial charge in [-0.15, -0.1) is 0 Å². The van der Waals surface area contributed by atoms with Gasteiger partial charge < -0.3 is 0 Å². The Hall–Kier alpha value is -0.0400. The zero-order valence-corrected chi connectivity index (χ0v) is 8.26. The Kier molecular flexibility index (Phi) is 2.69. The Bertz CT molecular complexity index is 142. The third-order valence-electron chi connectivity index (χ3n) is 3.59. The van der Waals surface area contributed by atoms with Crippen molar-refractivity contribution >= 4 is 0 Å². The van der Waals surface area contributed by atoms with Gasteiger partial charge in [-0.05, 0) is 38.6 Å². The van der Waals surface area contributed by atoms with E-state index in [0.717, 1.165) is 12.1 Å². The van der Waals surface area contributed by atoms with Gasteiger partial charge in [0.15, 0.2) is 0 Å². The van der Waals surface area contributed by atoms with Crippen molar-refractivity contribution in [1.82, 2.24) is 4.90 Å². The van der Waals surface area contributed by atoms with Crippen LogP contribution in [-0.4, -0.2) is 23.5 Å². The van der Waals surface area contributed by atoms with Gasteiger partial charge in [0.05, 0.1) is 0 Å². The molecule has 2 saturated heterocycles. The lowest BCUT2D eigenvalue weighted by atomic mass is 9.94. The highest BCUT2D eigenvalue weighted by Gasteiger charge is 2.32. The average Bonchev–Trinajstić information content (AvgIpc) is 2.53. The van der Waals surface area contributed by atoms with Gasteiger partial charge >= 0.3 is 0 Å². The topological polar surface area (TPSA) is 3.24 Å². The highest BCUT2D eigenvalue weighted by atomic mass is 15.2. The van der Waals surface area contributed by atoms with Crippen molar-refractivity contribution in [1.29, 1.82) is 0 Å². The molecular formula is C11H21N. The summed E-state index contributed by atoms with van der Waals surface area (Å²) in [4.78, 5) is 2.80. The molecule has 0 spiro atoms. The molecule has 2 atom stereocenters. The monoisotopic (exact) mass is 167 g/mol. The third-order valence-corrected chi connectivity index (χ3v) is 3.59. The summed E-state index contributed by atoms with van der Waals surface area (Å²) in [7, 11) is 0. The zero-order chi connectivity index (χ0) is 8.39. The third kappa shape index (κ3) is 1.52. The summed E-state index contributed by atoms with van der Waals surface area (Å²) in [6, 6.07) is 1.94. The summed E-state index contributed by atoms with van der Waals surface area (Å²) >= 11 is 0. The predicted molar refractivity (Wildman–Crippen MR) is 52.3 cm³/mol. The van der Waals surface area contributed by atoms with Crippen LogP contribution < -0.4 is 0 Å². The molecular weight excluding hydrogens is 146 g/mol. The molecule has 1 heteroatoms. The number of fused-ring (bicyclic) bond motifs is 1. The first-order valence-electron chi connectivity index (χ1n) is 5.67. The van der Waals surface area contributed by atoms with Crippen LogP contribution in [0, 0.1) is 0 Å². The van der Waals surface area contributed by atoms with Crippen molar-refractivity contribution in [3.05, 3.63) is 0 Å². The largest absolute Gasteiger partial charge is 0.297 e. The molecule has 0 unspecified atom stereocenters. The van der Waals surface area contributed by atoms with Crippen LogP contribution in [-0.2, 0) is 0 Å². The van der Waals surface area contributed by atoms with Crippen LogP contribution in [0.2, 0.25) is 0 Å². The van der Waals surface area contributed by atoms with Crippen LogP contribution in [0.15, 0.2) is 0 Å². The van der Waals surface area contributed by atoms with Gasteiger partial charge in [0.25, 0.3) is 0 Å². The molecule has 0 aromatic carbocycles. The summed E-state index contributed by atoms with van der Waals surface area (Å²) in [5.74, 6) is 0. The smallest absolute Gasteiger partial charge is 0.00986 e. The fourth-order valence-electron chi connectivity index (χ4n) is 3.05. The molecule has 2 rings (SSSR count). The molecule has 0 aliphatic carbocycles. The van der Waals surface area contributed by atoms with Crippen LogP contribution in [0.3, 0.4) is 0 Å². The molecule has 2 aliphatic heterocycles. The van der Waals surface area contributed by atoms with Gasteiger partial charge in [-0.2, -0.15) is 0 Å². The fraction of sp³-hybridized carbons (Fsp3) is 1.00. The standard InChI is InChI=1S/C11H21N/c1-2-5-10-6-3-7-11-8-4-9-12(10)11/h10-11H,2-9H2,1H3/t10-,11+/m1/s1. The maximum absolute atomic E-state index is 2.80. The average molecular weight is 167 g/mol. The van der Waals surface area contributed by atoms with E-state index >= 15 is 0 Å². The lowest BCUT2D eigenvalue weighted by Gasteiger charge is -2.37. The summed E-state index contributed by atoms with van der Waals surface area (Å²) in [6.45, 7) is 3.72. The molecule has 70 valence electrons. The number of rotatable bonds is 2. The maximum atomic E-state index is 2.80. The molecule has 0 amide bonds. The minimum Gasteiger partial charge on any atom is -0.297 e. The summed E-state index contributed by atoms with van der Waals surface area (Å²) in [6.07, 6.45) is 10.2. The fourth-order valence-corrected chi connectivity index (χ4v) is 3.05. The Morgan fingerprint density at radius 3 is 2.83 bits per heavy atom. The molecule has 2 fully saturated rings. The van der Waals surface area contributed by atoms with E-state index in [4.69, 9.17) is 0 Å². The molecule has 2 aliphatic rings. The van der Waals surface area contributed by atoms with Gasteiger partial charge in [-0.1, -0.05) is 19.8 Å². The normalized spacial score (nSPS) is 36.8. The summed E-state index contributed by atoms with van der Waals surface area (Å²) in [5.41, 5.74) is 0. The van der Waals surface area contributed by atoms with Gasteiger partial charge in [-0.3, -0.25) is 4.90 Å². The van der Waals surface area contributed by atoms with Crippen LogP contribution in [0.4, 0.5) is 0 Å². The molecule has 0 aromatic heterocycles. The van der Waals surface area contributed by atoms with E-state index in [0.29, 0.717) is 0 Å². The lowest BCUT2D eigenvalue weighted by Crippen LogP contribution is -2.42. The van der Waals surface area contributed by atoms with E-state index in [1.165, 1.54) is 51.5 Å². The molecule has 0 saturated carbocycles. The van der Waals surface area contributed by atoms with Crippen LogP contribution >= 0.6 is 0 Å². The van der Waals surface area contributed by atoms with Crippen molar-refractivity contribution in [3.63, 3.8) is 0 Å². The van der Waals surface area contributed by atoms with Crippen molar-refractivity contribution in [2.24, 2.45) is 0 Å². The van der Waals surface area contributed by atoms with Crippen molar-refractivity contribution in [2.75, 3.05) is 6.54 Å². The second-order valence-electron chi connectivity index (χ2n) is 4.41. The number of hydrogen-bond acceptors (Lipinski definition) is 1. The number of nitrogens with zero attached hydrogens (tertiary/aromatic N) is 1. The van der Waals surface area contributed by atoms with Gasteiger partial charge in [0.2, 0.25) is 0 Å². The van der Waals surface area contributed by atoms with Crippen LogP contribution in [0.25, 0.3) is 0 Å². The van der Waals surface area contributed by atoms with Gasteiger partial charge in [0.1, 0.15) is 0 Å². The SMILES string of the molecule is CCC[C@@H]1CCC[C@H]2CCCN21. The first-order chi connectivity index (χ1) is 5.92. The first-order valence-corrected chi connectivity index (χ1v) is 5.67. The Balaban J connectivity index is 1.94. The van der Waals surface area contributed by atoms with Crippen molar-refractivity contribution in [2.45, 2.75) is 64.0 Å². The number of hydrogen-bond donors (Lipinski definition) is 0. The first kappa shape index (κ1) is 8.55. The molecule has 1 nitrogen and oxygen atoms in total. The number of piperidine rings is 1. The van der Waals surface area contributed by atoms with E-state index in [-0.39, 0.29) is 0 Å². The quantitative estimate of drug-likeness (QED) is 0.611. The minimum absolute atomic E-state index is 0.955. The van der Waals surface area contributed by atoms with Gasteiger partial charge in [0, 0.05) is 12.1 Å². The van der Waals surface area contributed by atoms with E-state index < -0.39 is 0 Å². The Morgan fingerprint density at radius 2 is 2.00 bits per heavy atom. The molecule has 0 bridgehead atoms. The minimum atomic E-state index is 0.955. The van der Waals surface area contributed by atoms with Crippen molar-refractivity contribution < 1.29 is 0 Å². The Morgan fingerprint density at radius 1 is 1.17 bits per heavy atom. The second-order valence-corrected chi connectivity index (χ2v) is 4.41. The van der Waals surface area contributed by atoms with E-state index in [9.17, 15) is 0 Å².